The number of hydrogen-bond donors (Lipinski definition) is 3. The largest absolute Gasteiger partial charge is 0.388 e. The van der Waals surface area contributed by atoms with Crippen LogP contribution in [0, 0.1) is 29.3 Å². The average Bonchev–Trinajstić information content (AvgIpc) is 3.24. The van der Waals surface area contributed by atoms with E-state index in [1.165, 1.54) is 18.0 Å². The average molecular weight is 472 g/mol. The van der Waals surface area contributed by atoms with Gasteiger partial charge in [-0.15, -0.1) is 16.9 Å². The van der Waals surface area contributed by atoms with Crippen molar-refractivity contribution in [3.05, 3.63) is 53.6 Å². The van der Waals surface area contributed by atoms with Gasteiger partial charge in [-0.1, -0.05) is 31.2 Å². The van der Waals surface area contributed by atoms with Crippen molar-refractivity contribution in [2.45, 2.75) is 55.4 Å². The van der Waals surface area contributed by atoms with E-state index in [1.807, 2.05) is 26.0 Å². The highest BCUT2D eigenvalue weighted by atomic mass is 32.2. The molecular formula is C21H24F3N3O4S. The number of hydrogen-bond acceptors (Lipinski definition) is 7. The first-order chi connectivity index (χ1) is 15.2. The summed E-state index contributed by atoms with van der Waals surface area (Å²) in [6, 6.07) is 1.14. The molecule has 8 atom stereocenters. The van der Waals surface area contributed by atoms with Crippen LogP contribution in [-0.2, 0) is 4.74 Å². The number of ether oxygens (including phenoxy) is 1. The van der Waals surface area contributed by atoms with Gasteiger partial charge < -0.3 is 20.1 Å². The van der Waals surface area contributed by atoms with Gasteiger partial charge in [-0.3, -0.25) is 0 Å². The first kappa shape index (κ1) is 23.2. The Kier molecular flexibility index (Phi) is 6.64. The number of thioether (sulfide) groups is 1. The van der Waals surface area contributed by atoms with Gasteiger partial charge in [0, 0.05) is 12.1 Å². The minimum absolute atomic E-state index is 0.0217. The number of aliphatic hydroxyl groups excluding tert-OH is 3. The third-order valence-electron chi connectivity index (χ3n) is 6.12. The number of allylic oxidation sites excluding steroid dienone is 2. The van der Waals surface area contributed by atoms with Crippen molar-refractivity contribution < 1.29 is 33.2 Å². The van der Waals surface area contributed by atoms with E-state index < -0.39 is 52.6 Å². The molecule has 0 radical (unpaired) electrons. The molecule has 3 N–H and O–H groups in total. The summed E-state index contributed by atoms with van der Waals surface area (Å²) in [6.07, 6.45) is 1.17. The van der Waals surface area contributed by atoms with Crippen molar-refractivity contribution in [3.63, 3.8) is 0 Å². The van der Waals surface area contributed by atoms with E-state index in [-0.39, 0.29) is 17.5 Å². The summed E-state index contributed by atoms with van der Waals surface area (Å²) in [5.41, 5.74) is -0.745. The summed E-state index contributed by atoms with van der Waals surface area (Å²) in [7, 11) is 0. The van der Waals surface area contributed by atoms with Crippen molar-refractivity contribution in [2.24, 2.45) is 11.8 Å². The third kappa shape index (κ3) is 4.32. The number of fused-ring (bicyclic) bond motifs is 2. The van der Waals surface area contributed by atoms with E-state index in [0.717, 1.165) is 4.68 Å². The molecule has 0 amide bonds. The Bertz CT molecular complexity index is 1010. The predicted molar refractivity (Wildman–Crippen MR) is 110 cm³/mol. The molecule has 0 aliphatic carbocycles. The molecule has 1 aromatic carbocycles. The molecule has 0 saturated carbocycles. The standard InChI is InChI=1S/C21H24F3N3O4S/c1-9-4-3-5-16(32-21-19(30)17(28)18(29)20(31-21)10(9)2)14-8-27(26-25-14)15-7-12(23)11(22)6-13(15)24/h3-4,6-10,16-21,28-30H,5H2,1-2H3/b4-3-/t9-,10-,16+,17?,18?,19?,20?,21?/m1/s1. The van der Waals surface area contributed by atoms with Crippen LogP contribution in [-0.4, -0.2) is 60.2 Å². The lowest BCUT2D eigenvalue weighted by Gasteiger charge is -2.44. The molecule has 4 rings (SSSR count). The SMILES string of the molecule is C[C@@H]1/C=C\C[C@@H](c2cn(-c3cc(F)c(F)cc3F)nn2)SC2OC(C(O)C(O)C2O)[C@@H]1C. The van der Waals surface area contributed by atoms with E-state index >= 15 is 0 Å². The van der Waals surface area contributed by atoms with Gasteiger partial charge in [-0.25, -0.2) is 17.9 Å². The second-order valence-corrected chi connectivity index (χ2v) is 9.56. The lowest BCUT2D eigenvalue weighted by molar-refractivity contribution is -0.212. The monoisotopic (exact) mass is 471 g/mol. The second kappa shape index (κ2) is 9.14. The smallest absolute Gasteiger partial charge is 0.161 e. The van der Waals surface area contributed by atoms with Gasteiger partial charge in [0.1, 0.15) is 29.4 Å². The molecule has 5 unspecified atom stereocenters. The van der Waals surface area contributed by atoms with Crippen LogP contribution in [0.25, 0.3) is 5.69 Å². The molecule has 32 heavy (non-hydrogen) atoms. The topological polar surface area (TPSA) is 101 Å². The number of aromatic nitrogens is 3. The first-order valence-corrected chi connectivity index (χ1v) is 11.2. The summed E-state index contributed by atoms with van der Waals surface area (Å²) >= 11 is 1.19. The molecule has 1 saturated heterocycles. The first-order valence-electron chi connectivity index (χ1n) is 10.3. The summed E-state index contributed by atoms with van der Waals surface area (Å²) < 4.78 is 48.0. The zero-order chi connectivity index (χ0) is 23.2. The fourth-order valence-corrected chi connectivity index (χ4v) is 5.26. The third-order valence-corrected chi connectivity index (χ3v) is 7.54. The molecule has 2 bridgehead atoms. The summed E-state index contributed by atoms with van der Waals surface area (Å²) in [4.78, 5) is 0. The van der Waals surface area contributed by atoms with Crippen LogP contribution in [0.5, 0.6) is 0 Å². The lowest BCUT2D eigenvalue weighted by atomic mass is 9.83. The van der Waals surface area contributed by atoms with Crippen molar-refractivity contribution in [3.8, 4) is 5.69 Å². The number of aliphatic hydroxyl groups is 3. The van der Waals surface area contributed by atoms with Gasteiger partial charge >= 0.3 is 0 Å². The van der Waals surface area contributed by atoms with Gasteiger partial charge in [-0.05, 0) is 18.3 Å². The van der Waals surface area contributed by atoms with Crippen LogP contribution >= 0.6 is 11.8 Å². The van der Waals surface area contributed by atoms with Crippen LogP contribution in [0.1, 0.15) is 31.2 Å². The molecular weight excluding hydrogens is 447 g/mol. The van der Waals surface area contributed by atoms with E-state index in [2.05, 4.69) is 10.3 Å². The molecule has 174 valence electrons. The molecule has 1 fully saturated rings. The molecule has 11 heteroatoms. The maximum Gasteiger partial charge on any atom is 0.161 e. The summed E-state index contributed by atoms with van der Waals surface area (Å²) in [5, 5.41) is 38.8. The highest BCUT2D eigenvalue weighted by Gasteiger charge is 2.47. The van der Waals surface area contributed by atoms with Gasteiger partial charge in [0.25, 0.3) is 0 Å². The van der Waals surface area contributed by atoms with Crippen molar-refractivity contribution >= 4 is 11.8 Å². The number of halogens is 3. The normalized spacial score (nSPS) is 36.6. The quantitative estimate of drug-likeness (QED) is 0.457. The summed E-state index contributed by atoms with van der Waals surface area (Å²) in [6.45, 7) is 3.88. The van der Waals surface area contributed by atoms with Gasteiger partial charge in [0.2, 0.25) is 0 Å². The lowest BCUT2D eigenvalue weighted by Crippen LogP contribution is -2.58. The number of nitrogens with zero attached hydrogens (tertiary/aromatic N) is 3. The van der Waals surface area contributed by atoms with Gasteiger partial charge in [-0.2, -0.15) is 0 Å². The maximum atomic E-state index is 14.1. The molecule has 7 nitrogen and oxygen atoms in total. The Morgan fingerprint density at radius 1 is 1.03 bits per heavy atom. The second-order valence-electron chi connectivity index (χ2n) is 8.25. The van der Waals surface area contributed by atoms with E-state index in [0.29, 0.717) is 24.2 Å². The Morgan fingerprint density at radius 3 is 2.50 bits per heavy atom. The summed E-state index contributed by atoms with van der Waals surface area (Å²) in [5.74, 6) is -3.60. The Hall–Kier alpha value is -1.92. The highest BCUT2D eigenvalue weighted by Crippen LogP contribution is 2.42. The zero-order valence-electron chi connectivity index (χ0n) is 17.3. The molecule has 2 aliphatic heterocycles. The Balaban J connectivity index is 1.65. The molecule has 3 heterocycles. The maximum absolute atomic E-state index is 14.1. The van der Waals surface area contributed by atoms with Gasteiger partial charge in [0.05, 0.1) is 23.2 Å². The molecule has 2 aliphatic rings. The van der Waals surface area contributed by atoms with E-state index in [1.54, 1.807) is 0 Å². The van der Waals surface area contributed by atoms with Crippen LogP contribution in [0.3, 0.4) is 0 Å². The fraction of sp³-hybridized carbons (Fsp3) is 0.524. The van der Waals surface area contributed by atoms with Gasteiger partial charge in [0.15, 0.2) is 17.5 Å². The zero-order valence-corrected chi connectivity index (χ0v) is 18.2. The van der Waals surface area contributed by atoms with Crippen molar-refractivity contribution in [2.75, 3.05) is 0 Å². The van der Waals surface area contributed by atoms with Crippen molar-refractivity contribution in [1.82, 2.24) is 15.0 Å². The molecule has 0 spiro atoms. The minimum Gasteiger partial charge on any atom is -0.388 e. The highest BCUT2D eigenvalue weighted by molar-refractivity contribution is 8.00. The van der Waals surface area contributed by atoms with Crippen LogP contribution in [0.15, 0.2) is 30.5 Å². The molecule has 2 aromatic rings. The van der Waals surface area contributed by atoms with Crippen molar-refractivity contribution in [1.29, 1.82) is 0 Å². The van der Waals surface area contributed by atoms with Crippen LogP contribution < -0.4 is 0 Å². The van der Waals surface area contributed by atoms with Crippen LogP contribution in [0.2, 0.25) is 0 Å². The molecule has 1 aromatic heterocycles. The number of benzene rings is 1. The predicted octanol–water partition coefficient (Wildman–Crippen LogP) is 2.50. The Morgan fingerprint density at radius 2 is 1.75 bits per heavy atom. The van der Waals surface area contributed by atoms with E-state index in [4.69, 9.17) is 4.74 Å². The number of rotatable bonds is 2. The fourth-order valence-electron chi connectivity index (χ4n) is 3.95. The Labute approximate surface area is 186 Å². The minimum atomic E-state index is -1.38. The van der Waals surface area contributed by atoms with E-state index in [9.17, 15) is 28.5 Å². The van der Waals surface area contributed by atoms with Crippen LogP contribution in [0.4, 0.5) is 13.2 Å².